The fourth-order valence-corrected chi connectivity index (χ4v) is 4.04. The van der Waals surface area contributed by atoms with Gasteiger partial charge in [0.2, 0.25) is 0 Å². The van der Waals surface area contributed by atoms with Gasteiger partial charge in [0.1, 0.15) is 0 Å². The lowest BCUT2D eigenvalue weighted by molar-refractivity contribution is 0.794. The molecule has 6 heteroatoms. The summed E-state index contributed by atoms with van der Waals surface area (Å²) < 4.78 is 2.03. The van der Waals surface area contributed by atoms with E-state index in [0.29, 0.717) is 0 Å². The van der Waals surface area contributed by atoms with E-state index in [1.807, 2.05) is 41.9 Å². The van der Waals surface area contributed by atoms with Gasteiger partial charge in [0.15, 0.2) is 11.0 Å². The summed E-state index contributed by atoms with van der Waals surface area (Å²) in [5.74, 6) is 1.63. The number of fused-ring (bicyclic) bond motifs is 1. The van der Waals surface area contributed by atoms with Gasteiger partial charge < -0.3 is 4.57 Å². The van der Waals surface area contributed by atoms with Crippen molar-refractivity contribution in [1.82, 2.24) is 19.7 Å². The Kier molecular flexibility index (Phi) is 4.66. The van der Waals surface area contributed by atoms with Crippen LogP contribution >= 0.6 is 23.4 Å². The Morgan fingerprint density at radius 2 is 1.96 bits per heavy atom. The second-order valence-corrected chi connectivity index (χ2v) is 7.48. The first-order chi connectivity index (χ1) is 12.6. The van der Waals surface area contributed by atoms with E-state index >= 15 is 0 Å². The Bertz CT molecular complexity index is 1090. The highest BCUT2D eigenvalue weighted by Gasteiger charge is 2.13. The molecule has 2 aromatic heterocycles. The first-order valence-electron chi connectivity index (χ1n) is 8.25. The van der Waals surface area contributed by atoms with Crippen LogP contribution in [0.25, 0.3) is 22.3 Å². The summed E-state index contributed by atoms with van der Waals surface area (Å²) in [5, 5.41) is 11.3. The number of nitrogens with zero attached hydrogens (tertiary/aromatic N) is 4. The molecule has 4 nitrogen and oxygen atoms in total. The zero-order valence-electron chi connectivity index (χ0n) is 14.5. The summed E-state index contributed by atoms with van der Waals surface area (Å²) in [6.07, 6.45) is 1.80. The average Bonchev–Trinajstić information content (AvgIpc) is 3.02. The third-order valence-corrected chi connectivity index (χ3v) is 5.67. The van der Waals surface area contributed by atoms with Gasteiger partial charge in [-0.15, -0.1) is 10.2 Å². The van der Waals surface area contributed by atoms with Crippen molar-refractivity contribution in [3.63, 3.8) is 0 Å². The highest BCUT2D eigenvalue weighted by Crippen LogP contribution is 2.30. The molecule has 0 radical (unpaired) electrons. The number of rotatable bonds is 4. The van der Waals surface area contributed by atoms with Crippen molar-refractivity contribution >= 4 is 34.3 Å². The van der Waals surface area contributed by atoms with Crippen LogP contribution in [-0.4, -0.2) is 19.7 Å². The van der Waals surface area contributed by atoms with Gasteiger partial charge in [-0.05, 0) is 36.8 Å². The number of aromatic nitrogens is 4. The number of hydrogen-bond acceptors (Lipinski definition) is 4. The zero-order valence-corrected chi connectivity index (χ0v) is 16.1. The zero-order chi connectivity index (χ0) is 18.1. The van der Waals surface area contributed by atoms with E-state index in [9.17, 15) is 0 Å². The molecule has 130 valence electrons. The number of hydrogen-bond donors (Lipinski definition) is 0. The molecular formula is C20H17ClN4S. The maximum absolute atomic E-state index is 6.28. The Labute approximate surface area is 161 Å². The van der Waals surface area contributed by atoms with Crippen molar-refractivity contribution in [3.8, 4) is 11.4 Å². The molecule has 2 heterocycles. The first kappa shape index (κ1) is 17.1. The highest BCUT2D eigenvalue weighted by molar-refractivity contribution is 7.98. The minimum Gasteiger partial charge on any atom is -0.305 e. The number of benzene rings is 2. The van der Waals surface area contributed by atoms with Gasteiger partial charge in [0.25, 0.3) is 0 Å². The average molecular weight is 381 g/mol. The van der Waals surface area contributed by atoms with Crippen molar-refractivity contribution in [3.05, 3.63) is 70.9 Å². The van der Waals surface area contributed by atoms with Crippen molar-refractivity contribution < 1.29 is 0 Å². The number of aryl methyl sites for hydroxylation is 1. The van der Waals surface area contributed by atoms with Crippen molar-refractivity contribution in [1.29, 1.82) is 0 Å². The summed E-state index contributed by atoms with van der Waals surface area (Å²) >= 11 is 7.93. The SMILES string of the molecule is Cc1cccc(-c2nnc(SCc3ccc(Cl)c4cccnc34)n2C)c1. The molecule has 0 amide bonds. The van der Waals surface area contributed by atoms with E-state index in [1.165, 1.54) is 5.56 Å². The third-order valence-electron chi connectivity index (χ3n) is 4.27. The van der Waals surface area contributed by atoms with Crippen molar-refractivity contribution in [2.24, 2.45) is 7.05 Å². The van der Waals surface area contributed by atoms with Crippen LogP contribution in [0.1, 0.15) is 11.1 Å². The monoisotopic (exact) mass is 380 g/mol. The van der Waals surface area contributed by atoms with Crippen molar-refractivity contribution in [2.45, 2.75) is 17.8 Å². The first-order valence-corrected chi connectivity index (χ1v) is 9.61. The fourth-order valence-electron chi connectivity index (χ4n) is 2.93. The molecule has 2 aromatic carbocycles. The van der Waals surface area contributed by atoms with Crippen LogP contribution in [0.2, 0.25) is 5.02 Å². The standard InChI is InChI=1S/C20H17ClN4S/c1-13-5-3-6-14(11-13)19-23-24-20(25(19)2)26-12-15-8-9-17(21)16-7-4-10-22-18(15)16/h3-11H,12H2,1-2H3. The van der Waals surface area contributed by atoms with E-state index in [0.717, 1.165) is 43.8 Å². The minimum absolute atomic E-state index is 0.724. The Hall–Kier alpha value is -2.37. The molecule has 0 saturated carbocycles. The molecule has 4 rings (SSSR count). The molecule has 0 aliphatic carbocycles. The number of halogens is 1. The molecule has 0 aliphatic rings. The Morgan fingerprint density at radius 1 is 1.08 bits per heavy atom. The largest absolute Gasteiger partial charge is 0.305 e. The fraction of sp³-hybridized carbons (Fsp3) is 0.150. The number of pyridine rings is 1. The second-order valence-electron chi connectivity index (χ2n) is 6.13. The molecule has 4 aromatic rings. The van der Waals surface area contributed by atoms with Gasteiger partial charge in [0.05, 0.1) is 5.52 Å². The second kappa shape index (κ2) is 7.09. The molecular weight excluding hydrogens is 364 g/mol. The van der Waals surface area contributed by atoms with Crippen LogP contribution < -0.4 is 0 Å². The van der Waals surface area contributed by atoms with Crippen molar-refractivity contribution in [2.75, 3.05) is 0 Å². The van der Waals surface area contributed by atoms with E-state index in [1.54, 1.807) is 18.0 Å². The predicted molar refractivity (Wildman–Crippen MR) is 107 cm³/mol. The molecule has 0 N–H and O–H groups in total. The Morgan fingerprint density at radius 3 is 2.81 bits per heavy atom. The van der Waals surface area contributed by atoms with Crippen LogP contribution in [-0.2, 0) is 12.8 Å². The molecule has 26 heavy (non-hydrogen) atoms. The topological polar surface area (TPSA) is 43.6 Å². The Balaban J connectivity index is 1.61. The molecule has 0 saturated heterocycles. The summed E-state index contributed by atoms with van der Waals surface area (Å²) in [4.78, 5) is 4.50. The summed E-state index contributed by atoms with van der Waals surface area (Å²) in [5.41, 5.74) is 4.35. The summed E-state index contributed by atoms with van der Waals surface area (Å²) in [6, 6.07) is 16.2. The summed E-state index contributed by atoms with van der Waals surface area (Å²) in [7, 11) is 2.00. The smallest absolute Gasteiger partial charge is 0.191 e. The maximum atomic E-state index is 6.28. The molecule has 0 atom stereocenters. The van der Waals surface area contributed by atoms with Crippen LogP contribution in [0.3, 0.4) is 0 Å². The lowest BCUT2D eigenvalue weighted by atomic mass is 10.1. The van der Waals surface area contributed by atoms with E-state index < -0.39 is 0 Å². The quantitative estimate of drug-likeness (QED) is 0.451. The van der Waals surface area contributed by atoms with Gasteiger partial charge in [-0.1, -0.05) is 53.2 Å². The van der Waals surface area contributed by atoms with Gasteiger partial charge >= 0.3 is 0 Å². The molecule has 0 aliphatic heterocycles. The highest BCUT2D eigenvalue weighted by atomic mass is 35.5. The van der Waals surface area contributed by atoms with Crippen LogP contribution in [0.5, 0.6) is 0 Å². The van der Waals surface area contributed by atoms with Crippen LogP contribution in [0.4, 0.5) is 0 Å². The van der Waals surface area contributed by atoms with Gasteiger partial charge in [0, 0.05) is 35.0 Å². The number of thioether (sulfide) groups is 1. The molecule has 0 unspecified atom stereocenters. The van der Waals surface area contributed by atoms with E-state index in [4.69, 9.17) is 11.6 Å². The lowest BCUT2D eigenvalue weighted by Crippen LogP contribution is -1.96. The van der Waals surface area contributed by atoms with Crippen LogP contribution in [0.15, 0.2) is 59.9 Å². The van der Waals surface area contributed by atoms with Gasteiger partial charge in [-0.2, -0.15) is 0 Å². The van der Waals surface area contributed by atoms with E-state index in [2.05, 4.69) is 40.3 Å². The van der Waals surface area contributed by atoms with E-state index in [-0.39, 0.29) is 0 Å². The molecule has 0 bridgehead atoms. The molecule has 0 fully saturated rings. The predicted octanol–water partition coefficient (Wildman–Crippen LogP) is 5.28. The lowest BCUT2D eigenvalue weighted by Gasteiger charge is -2.07. The van der Waals surface area contributed by atoms with Crippen LogP contribution in [0, 0.1) is 6.92 Å². The normalized spacial score (nSPS) is 11.2. The van der Waals surface area contributed by atoms with Gasteiger partial charge in [-0.25, -0.2) is 0 Å². The molecule has 0 spiro atoms. The third kappa shape index (κ3) is 3.20. The maximum Gasteiger partial charge on any atom is 0.191 e. The minimum atomic E-state index is 0.724. The summed E-state index contributed by atoms with van der Waals surface area (Å²) in [6.45, 7) is 2.08. The van der Waals surface area contributed by atoms with Gasteiger partial charge in [-0.3, -0.25) is 4.98 Å².